The van der Waals surface area contributed by atoms with Crippen LogP contribution >= 0.6 is 11.6 Å². The number of hydrogen-bond donors (Lipinski definition) is 1. The molecule has 1 aliphatic heterocycles. The summed E-state index contributed by atoms with van der Waals surface area (Å²) in [6.45, 7) is 6.59. The SMILES string of the molecule is Cc1nn(C)c(C)c1NC(=O)CN1CCN(C(=O)c2cccc(Cl)c2)CC1. The third kappa shape index (κ3) is 4.48. The van der Waals surface area contributed by atoms with E-state index in [-0.39, 0.29) is 11.8 Å². The number of nitrogens with one attached hydrogen (secondary N) is 1. The van der Waals surface area contributed by atoms with Crippen LogP contribution in [0.2, 0.25) is 5.02 Å². The molecular formula is C19H24ClN5O2. The van der Waals surface area contributed by atoms with Crippen molar-refractivity contribution in [3.8, 4) is 0 Å². The summed E-state index contributed by atoms with van der Waals surface area (Å²) in [5.41, 5.74) is 3.10. The number of carbonyl (C=O) groups excluding carboxylic acids is 2. The van der Waals surface area contributed by atoms with E-state index in [0.717, 1.165) is 17.1 Å². The molecule has 27 heavy (non-hydrogen) atoms. The van der Waals surface area contributed by atoms with Crippen molar-refractivity contribution in [3.63, 3.8) is 0 Å². The predicted octanol–water partition coefficient (Wildman–Crippen LogP) is 2.09. The van der Waals surface area contributed by atoms with Gasteiger partial charge in [-0.3, -0.25) is 19.2 Å². The highest BCUT2D eigenvalue weighted by Gasteiger charge is 2.24. The zero-order valence-corrected chi connectivity index (χ0v) is 16.6. The molecular weight excluding hydrogens is 366 g/mol. The highest BCUT2D eigenvalue weighted by atomic mass is 35.5. The molecule has 0 unspecified atom stereocenters. The largest absolute Gasteiger partial charge is 0.336 e. The minimum absolute atomic E-state index is 0.0248. The van der Waals surface area contributed by atoms with Crippen LogP contribution < -0.4 is 5.32 Å². The molecule has 0 spiro atoms. The monoisotopic (exact) mass is 389 g/mol. The quantitative estimate of drug-likeness (QED) is 0.869. The number of piperazine rings is 1. The Morgan fingerprint density at radius 2 is 1.89 bits per heavy atom. The van der Waals surface area contributed by atoms with Crippen LogP contribution in [0.3, 0.4) is 0 Å². The van der Waals surface area contributed by atoms with Crippen molar-refractivity contribution >= 4 is 29.1 Å². The Morgan fingerprint density at radius 3 is 2.48 bits per heavy atom. The fraction of sp³-hybridized carbons (Fsp3) is 0.421. The van der Waals surface area contributed by atoms with E-state index in [4.69, 9.17) is 11.6 Å². The number of aromatic nitrogens is 2. The van der Waals surface area contributed by atoms with Crippen molar-refractivity contribution in [2.45, 2.75) is 13.8 Å². The summed E-state index contributed by atoms with van der Waals surface area (Å²) < 4.78 is 1.76. The predicted molar refractivity (Wildman–Crippen MR) is 105 cm³/mol. The van der Waals surface area contributed by atoms with Gasteiger partial charge < -0.3 is 10.2 Å². The molecule has 0 bridgehead atoms. The molecule has 1 aliphatic rings. The molecule has 2 heterocycles. The van der Waals surface area contributed by atoms with E-state index in [1.807, 2.05) is 20.9 Å². The first kappa shape index (κ1) is 19.4. The van der Waals surface area contributed by atoms with E-state index in [2.05, 4.69) is 15.3 Å². The molecule has 1 N–H and O–H groups in total. The van der Waals surface area contributed by atoms with Crippen LogP contribution in [0.15, 0.2) is 24.3 Å². The maximum atomic E-state index is 12.6. The number of anilines is 1. The number of benzene rings is 1. The van der Waals surface area contributed by atoms with E-state index < -0.39 is 0 Å². The molecule has 1 aromatic heterocycles. The Bertz CT molecular complexity index is 856. The topological polar surface area (TPSA) is 70.5 Å². The molecule has 1 fully saturated rings. The van der Waals surface area contributed by atoms with Gasteiger partial charge in [0.2, 0.25) is 5.91 Å². The average molecular weight is 390 g/mol. The summed E-state index contributed by atoms with van der Waals surface area (Å²) in [5, 5.41) is 7.82. The molecule has 7 nitrogen and oxygen atoms in total. The number of nitrogens with zero attached hydrogens (tertiary/aromatic N) is 4. The highest BCUT2D eigenvalue weighted by Crippen LogP contribution is 2.18. The number of amides is 2. The van der Waals surface area contributed by atoms with Gasteiger partial charge in [0.15, 0.2) is 0 Å². The van der Waals surface area contributed by atoms with Gasteiger partial charge in [0.05, 0.1) is 23.6 Å². The summed E-state index contributed by atoms with van der Waals surface area (Å²) >= 11 is 5.97. The number of halogens is 1. The van der Waals surface area contributed by atoms with Crippen LogP contribution in [0, 0.1) is 13.8 Å². The van der Waals surface area contributed by atoms with E-state index in [1.54, 1.807) is 33.8 Å². The number of hydrogen-bond acceptors (Lipinski definition) is 4. The lowest BCUT2D eigenvalue weighted by Gasteiger charge is -2.34. The van der Waals surface area contributed by atoms with E-state index >= 15 is 0 Å². The molecule has 0 aliphatic carbocycles. The van der Waals surface area contributed by atoms with Crippen molar-refractivity contribution in [2.24, 2.45) is 7.05 Å². The van der Waals surface area contributed by atoms with Crippen LogP contribution in [0.25, 0.3) is 0 Å². The van der Waals surface area contributed by atoms with Gasteiger partial charge in [0, 0.05) is 43.8 Å². The Kier molecular flexibility index (Phi) is 5.82. The average Bonchev–Trinajstić information content (AvgIpc) is 2.88. The lowest BCUT2D eigenvalue weighted by molar-refractivity contribution is -0.117. The van der Waals surface area contributed by atoms with Gasteiger partial charge >= 0.3 is 0 Å². The summed E-state index contributed by atoms with van der Waals surface area (Å²) in [4.78, 5) is 28.8. The van der Waals surface area contributed by atoms with Crippen LogP contribution in [-0.2, 0) is 11.8 Å². The summed E-state index contributed by atoms with van der Waals surface area (Å²) in [6, 6.07) is 6.98. The molecule has 3 rings (SSSR count). The number of aryl methyl sites for hydroxylation is 2. The normalized spacial score (nSPS) is 15.0. The van der Waals surface area contributed by atoms with Crippen LogP contribution in [0.1, 0.15) is 21.7 Å². The third-order valence-corrected chi connectivity index (χ3v) is 5.11. The van der Waals surface area contributed by atoms with Gasteiger partial charge in [-0.15, -0.1) is 0 Å². The van der Waals surface area contributed by atoms with Crippen molar-refractivity contribution < 1.29 is 9.59 Å². The second-order valence-corrected chi connectivity index (χ2v) is 7.23. The van der Waals surface area contributed by atoms with Gasteiger partial charge in [-0.25, -0.2) is 0 Å². The molecule has 1 aromatic carbocycles. The first-order valence-corrected chi connectivity index (χ1v) is 9.30. The van der Waals surface area contributed by atoms with Gasteiger partial charge in [0.25, 0.3) is 5.91 Å². The fourth-order valence-corrected chi connectivity index (χ4v) is 3.44. The molecule has 1 saturated heterocycles. The lowest BCUT2D eigenvalue weighted by Crippen LogP contribution is -2.50. The molecule has 0 radical (unpaired) electrons. The van der Waals surface area contributed by atoms with Gasteiger partial charge in [-0.2, -0.15) is 5.10 Å². The van der Waals surface area contributed by atoms with Crippen molar-refractivity contribution in [3.05, 3.63) is 46.2 Å². The maximum absolute atomic E-state index is 12.6. The molecule has 8 heteroatoms. The minimum Gasteiger partial charge on any atom is -0.336 e. The molecule has 2 amide bonds. The Morgan fingerprint density at radius 1 is 1.19 bits per heavy atom. The summed E-state index contributed by atoms with van der Waals surface area (Å²) in [7, 11) is 1.86. The second-order valence-electron chi connectivity index (χ2n) is 6.80. The van der Waals surface area contributed by atoms with Crippen molar-refractivity contribution in [2.75, 3.05) is 38.0 Å². The standard InChI is InChI=1S/C19H24ClN5O2/c1-13-18(14(2)23(3)22-13)21-17(26)12-24-7-9-25(10-8-24)19(27)15-5-4-6-16(20)11-15/h4-6,11H,7-10,12H2,1-3H3,(H,21,26). The smallest absolute Gasteiger partial charge is 0.253 e. The maximum Gasteiger partial charge on any atom is 0.253 e. The van der Waals surface area contributed by atoms with Crippen LogP contribution in [-0.4, -0.2) is 64.1 Å². The fourth-order valence-electron chi connectivity index (χ4n) is 3.25. The number of rotatable bonds is 4. The summed E-state index contributed by atoms with van der Waals surface area (Å²) in [5.74, 6) is -0.0907. The molecule has 144 valence electrons. The van der Waals surface area contributed by atoms with Gasteiger partial charge in [-0.1, -0.05) is 17.7 Å². The number of carbonyl (C=O) groups is 2. The van der Waals surface area contributed by atoms with E-state index in [0.29, 0.717) is 43.3 Å². The zero-order valence-electron chi connectivity index (χ0n) is 15.8. The zero-order chi connectivity index (χ0) is 19.6. The third-order valence-electron chi connectivity index (χ3n) is 4.87. The van der Waals surface area contributed by atoms with Crippen LogP contribution in [0.4, 0.5) is 5.69 Å². The van der Waals surface area contributed by atoms with Crippen LogP contribution in [0.5, 0.6) is 0 Å². The lowest BCUT2D eigenvalue weighted by atomic mass is 10.2. The Hall–Kier alpha value is -2.38. The van der Waals surface area contributed by atoms with Gasteiger partial charge in [0.1, 0.15) is 0 Å². The first-order chi connectivity index (χ1) is 12.8. The van der Waals surface area contributed by atoms with E-state index in [9.17, 15) is 9.59 Å². The molecule has 0 atom stereocenters. The van der Waals surface area contributed by atoms with Gasteiger partial charge in [-0.05, 0) is 32.0 Å². The Labute approximate surface area is 163 Å². The van der Waals surface area contributed by atoms with E-state index in [1.165, 1.54) is 0 Å². The highest BCUT2D eigenvalue weighted by molar-refractivity contribution is 6.30. The summed E-state index contributed by atoms with van der Waals surface area (Å²) in [6.07, 6.45) is 0. The molecule has 2 aromatic rings. The molecule has 0 saturated carbocycles. The Balaban J connectivity index is 1.52. The second kappa shape index (κ2) is 8.10. The minimum atomic E-state index is -0.0659. The first-order valence-electron chi connectivity index (χ1n) is 8.92. The van der Waals surface area contributed by atoms with Crippen molar-refractivity contribution in [1.82, 2.24) is 19.6 Å². The van der Waals surface area contributed by atoms with Crippen molar-refractivity contribution in [1.29, 1.82) is 0 Å².